The molecule has 2 unspecified atom stereocenters. The molecule has 1 aromatic heterocycles. The molecule has 1 amide bonds. The first-order chi connectivity index (χ1) is 12.0. The van der Waals surface area contributed by atoms with Crippen LogP contribution in [0, 0.1) is 18.7 Å². The highest BCUT2D eigenvalue weighted by Crippen LogP contribution is 2.26. The van der Waals surface area contributed by atoms with Gasteiger partial charge in [-0.15, -0.1) is 0 Å². The van der Waals surface area contributed by atoms with Gasteiger partial charge >= 0.3 is 5.97 Å². The lowest BCUT2D eigenvalue weighted by Gasteiger charge is -2.29. The minimum atomic E-state index is -0.721. The number of rotatable bonds is 4. The van der Waals surface area contributed by atoms with Crippen molar-refractivity contribution < 1.29 is 23.1 Å². The molecule has 134 valence electrons. The van der Waals surface area contributed by atoms with E-state index in [1.165, 1.54) is 24.6 Å². The molecule has 0 radical (unpaired) electrons. The molecule has 1 aromatic carbocycles. The summed E-state index contributed by atoms with van der Waals surface area (Å²) in [5, 5.41) is 3.45. The summed E-state index contributed by atoms with van der Waals surface area (Å²) in [5.74, 6) is -1.01. The highest BCUT2D eigenvalue weighted by molar-refractivity contribution is 5.96. The van der Waals surface area contributed by atoms with Gasteiger partial charge in [0.05, 0.1) is 0 Å². The zero-order valence-corrected chi connectivity index (χ0v) is 14.4. The first kappa shape index (κ1) is 17.5. The Kier molecular flexibility index (Phi) is 5.06. The fourth-order valence-electron chi connectivity index (χ4n) is 3.36. The van der Waals surface area contributed by atoms with E-state index in [-0.39, 0.29) is 24.3 Å². The molecule has 2 aromatic rings. The maximum atomic E-state index is 13.3. The Morgan fingerprint density at radius 1 is 1.32 bits per heavy atom. The molecule has 2 atom stereocenters. The van der Waals surface area contributed by atoms with Crippen molar-refractivity contribution in [2.75, 3.05) is 6.61 Å². The number of hydrogen-bond acceptors (Lipinski definition) is 4. The van der Waals surface area contributed by atoms with Crippen LogP contribution in [-0.4, -0.2) is 24.5 Å². The normalized spacial score (nSPS) is 20.4. The summed E-state index contributed by atoms with van der Waals surface area (Å²) < 4.78 is 23.8. The smallest absolute Gasteiger partial charge is 0.375 e. The Morgan fingerprint density at radius 3 is 2.84 bits per heavy atom. The molecule has 5 nitrogen and oxygen atoms in total. The zero-order valence-electron chi connectivity index (χ0n) is 14.4. The van der Waals surface area contributed by atoms with E-state index in [2.05, 4.69) is 12.2 Å². The predicted octanol–water partition coefficient (Wildman–Crippen LogP) is 3.73. The molecule has 1 saturated carbocycles. The number of carbonyl (C=O) groups is 2. The lowest BCUT2D eigenvalue weighted by atomic mass is 9.86. The van der Waals surface area contributed by atoms with Gasteiger partial charge in [-0.3, -0.25) is 4.79 Å². The molecule has 0 spiro atoms. The van der Waals surface area contributed by atoms with Crippen molar-refractivity contribution in [3.63, 3.8) is 0 Å². The van der Waals surface area contributed by atoms with Crippen LogP contribution in [0.3, 0.4) is 0 Å². The number of amides is 1. The van der Waals surface area contributed by atoms with Crippen LogP contribution in [0.25, 0.3) is 11.0 Å². The predicted molar refractivity (Wildman–Crippen MR) is 90.8 cm³/mol. The SMILES string of the molecule is Cc1c(C(=O)OCC(=O)NC2CCCCC2C)oc2ccc(F)cc12. The molecule has 1 heterocycles. The van der Waals surface area contributed by atoms with Crippen molar-refractivity contribution in [2.45, 2.75) is 45.6 Å². The molecule has 0 saturated heterocycles. The largest absolute Gasteiger partial charge is 0.450 e. The second kappa shape index (κ2) is 7.25. The maximum absolute atomic E-state index is 13.3. The number of nitrogens with one attached hydrogen (secondary N) is 1. The summed E-state index contributed by atoms with van der Waals surface area (Å²) >= 11 is 0. The van der Waals surface area contributed by atoms with Crippen LogP contribution >= 0.6 is 0 Å². The highest BCUT2D eigenvalue weighted by atomic mass is 19.1. The molecule has 25 heavy (non-hydrogen) atoms. The summed E-state index contributed by atoms with van der Waals surface area (Å²) in [5.41, 5.74) is 0.909. The zero-order chi connectivity index (χ0) is 18.0. The third-order valence-corrected chi connectivity index (χ3v) is 4.88. The van der Waals surface area contributed by atoms with Gasteiger partial charge in [0.25, 0.3) is 5.91 Å². The van der Waals surface area contributed by atoms with Gasteiger partial charge in [-0.2, -0.15) is 0 Å². The van der Waals surface area contributed by atoms with Crippen LogP contribution in [0.1, 0.15) is 48.7 Å². The lowest BCUT2D eigenvalue weighted by Crippen LogP contribution is -2.42. The molecule has 1 aliphatic rings. The van der Waals surface area contributed by atoms with Gasteiger partial charge in [0.1, 0.15) is 11.4 Å². The fourth-order valence-corrected chi connectivity index (χ4v) is 3.36. The Morgan fingerprint density at radius 2 is 2.08 bits per heavy atom. The lowest BCUT2D eigenvalue weighted by molar-refractivity contribution is -0.125. The van der Waals surface area contributed by atoms with Crippen LogP contribution in [-0.2, 0) is 9.53 Å². The number of carbonyl (C=O) groups excluding carboxylic acids is 2. The average molecular weight is 347 g/mol. The summed E-state index contributed by atoms with van der Waals surface area (Å²) in [6.07, 6.45) is 4.34. The van der Waals surface area contributed by atoms with E-state index in [9.17, 15) is 14.0 Å². The minimum Gasteiger partial charge on any atom is -0.450 e. The first-order valence-corrected chi connectivity index (χ1v) is 8.61. The Bertz CT molecular complexity index is 798. The van der Waals surface area contributed by atoms with E-state index in [4.69, 9.17) is 9.15 Å². The second-order valence-corrected chi connectivity index (χ2v) is 6.71. The van der Waals surface area contributed by atoms with E-state index in [1.54, 1.807) is 6.92 Å². The number of hydrogen-bond donors (Lipinski definition) is 1. The third kappa shape index (κ3) is 3.83. The van der Waals surface area contributed by atoms with Gasteiger partial charge in [0.15, 0.2) is 6.61 Å². The Hall–Kier alpha value is -2.37. The van der Waals surface area contributed by atoms with Crippen LogP contribution in [0.4, 0.5) is 4.39 Å². The standard InChI is InChI=1S/C19H22FNO4/c1-11-5-3-4-6-15(11)21-17(22)10-24-19(23)18-12(2)14-9-13(20)7-8-16(14)25-18/h7-9,11,15H,3-6,10H2,1-2H3,(H,21,22). The van der Waals surface area contributed by atoms with Crippen molar-refractivity contribution in [3.8, 4) is 0 Å². The van der Waals surface area contributed by atoms with E-state index < -0.39 is 11.8 Å². The van der Waals surface area contributed by atoms with Gasteiger partial charge in [0, 0.05) is 17.0 Å². The Balaban J connectivity index is 1.61. The molecule has 1 aliphatic carbocycles. The molecule has 1 fully saturated rings. The highest BCUT2D eigenvalue weighted by Gasteiger charge is 2.24. The van der Waals surface area contributed by atoms with E-state index >= 15 is 0 Å². The van der Waals surface area contributed by atoms with Gasteiger partial charge in [0.2, 0.25) is 5.76 Å². The second-order valence-electron chi connectivity index (χ2n) is 6.71. The van der Waals surface area contributed by atoms with Gasteiger partial charge in [-0.05, 0) is 43.9 Å². The van der Waals surface area contributed by atoms with Gasteiger partial charge in [-0.25, -0.2) is 9.18 Å². The van der Waals surface area contributed by atoms with Crippen molar-refractivity contribution in [2.24, 2.45) is 5.92 Å². The van der Waals surface area contributed by atoms with Crippen molar-refractivity contribution >= 4 is 22.8 Å². The molecular weight excluding hydrogens is 325 g/mol. The third-order valence-electron chi connectivity index (χ3n) is 4.88. The molecule has 1 N–H and O–H groups in total. The number of halogens is 1. The van der Waals surface area contributed by atoms with Crippen molar-refractivity contribution in [3.05, 3.63) is 35.3 Å². The number of ether oxygens (including phenoxy) is 1. The van der Waals surface area contributed by atoms with Crippen molar-refractivity contribution in [1.82, 2.24) is 5.32 Å². The summed E-state index contributed by atoms with van der Waals surface area (Å²) in [6.45, 7) is 3.42. The van der Waals surface area contributed by atoms with E-state index in [0.29, 0.717) is 22.5 Å². The van der Waals surface area contributed by atoms with E-state index in [1.807, 2.05) is 0 Å². The molecule has 0 aliphatic heterocycles. The van der Waals surface area contributed by atoms with Crippen LogP contribution in [0.5, 0.6) is 0 Å². The van der Waals surface area contributed by atoms with E-state index in [0.717, 1.165) is 19.3 Å². The number of fused-ring (bicyclic) bond motifs is 1. The van der Waals surface area contributed by atoms with Crippen LogP contribution in [0.2, 0.25) is 0 Å². The maximum Gasteiger partial charge on any atom is 0.375 e. The summed E-state index contributed by atoms with van der Waals surface area (Å²) in [7, 11) is 0. The molecule has 3 rings (SSSR count). The fraction of sp³-hybridized carbons (Fsp3) is 0.474. The number of benzene rings is 1. The summed E-state index contributed by atoms with van der Waals surface area (Å²) in [4.78, 5) is 24.2. The molecule has 6 heteroatoms. The number of aryl methyl sites for hydroxylation is 1. The molecular formula is C19H22FNO4. The Labute approximate surface area is 145 Å². The van der Waals surface area contributed by atoms with Gasteiger partial charge < -0.3 is 14.5 Å². The van der Waals surface area contributed by atoms with Crippen LogP contribution < -0.4 is 5.32 Å². The molecule has 0 bridgehead atoms. The van der Waals surface area contributed by atoms with Crippen LogP contribution in [0.15, 0.2) is 22.6 Å². The number of furan rings is 1. The summed E-state index contributed by atoms with van der Waals surface area (Å²) in [6, 6.07) is 4.17. The monoisotopic (exact) mass is 347 g/mol. The van der Waals surface area contributed by atoms with Gasteiger partial charge in [-0.1, -0.05) is 19.8 Å². The average Bonchev–Trinajstić information content (AvgIpc) is 2.91. The topological polar surface area (TPSA) is 68.5 Å². The first-order valence-electron chi connectivity index (χ1n) is 8.61. The quantitative estimate of drug-likeness (QED) is 0.856. The van der Waals surface area contributed by atoms with Crippen molar-refractivity contribution in [1.29, 1.82) is 0 Å². The number of esters is 1. The minimum absolute atomic E-state index is 0.000524.